The first-order valence-electron chi connectivity index (χ1n) is 11.9. The summed E-state index contributed by atoms with van der Waals surface area (Å²) < 4.78 is 47.9. The third-order valence-corrected chi connectivity index (χ3v) is 8.27. The first kappa shape index (κ1) is 24.9. The van der Waals surface area contributed by atoms with Gasteiger partial charge in [-0.2, -0.15) is 4.31 Å². The van der Waals surface area contributed by atoms with Gasteiger partial charge in [-0.3, -0.25) is 4.79 Å². The van der Waals surface area contributed by atoms with E-state index in [4.69, 9.17) is 4.42 Å². The minimum Gasteiger partial charge on any atom is -0.443 e. The van der Waals surface area contributed by atoms with Crippen molar-refractivity contribution in [2.24, 2.45) is 0 Å². The Balaban J connectivity index is 1.31. The van der Waals surface area contributed by atoms with Crippen LogP contribution in [0.5, 0.6) is 0 Å². The van der Waals surface area contributed by atoms with E-state index in [1.807, 2.05) is 31.1 Å². The van der Waals surface area contributed by atoms with E-state index in [9.17, 15) is 17.6 Å². The number of halogens is 1. The standard InChI is InChI=1S/C27H27FN4O4S/c1-31(2)25-12-10-20(16-29-25)18-9-11-22(28)21(14-18)17-30-27(33)23-7-5-13-32(23)37(34,35)26-15-19-6-3-4-8-24(19)36-26/h3-4,6,8-12,14-16,23H,5,7,13,17H2,1-2H3,(H,30,33)/t23-/m0/s1. The first-order chi connectivity index (χ1) is 17.7. The van der Waals surface area contributed by atoms with Crippen molar-refractivity contribution in [3.05, 3.63) is 78.2 Å². The second-order valence-electron chi connectivity index (χ2n) is 9.20. The van der Waals surface area contributed by atoms with E-state index in [-0.39, 0.29) is 18.2 Å². The number of fused-ring (bicyclic) bond motifs is 1. The van der Waals surface area contributed by atoms with Crippen LogP contribution in [-0.2, 0) is 21.4 Å². The number of anilines is 1. The smallest absolute Gasteiger partial charge is 0.277 e. The molecule has 0 unspecified atom stereocenters. The molecule has 0 aliphatic carbocycles. The number of nitrogens with one attached hydrogen (secondary N) is 1. The predicted molar refractivity (Wildman–Crippen MR) is 139 cm³/mol. The summed E-state index contributed by atoms with van der Waals surface area (Å²) in [5.74, 6) is -0.129. The van der Waals surface area contributed by atoms with Crippen molar-refractivity contribution in [1.29, 1.82) is 0 Å². The quantitative estimate of drug-likeness (QED) is 0.392. The maximum Gasteiger partial charge on any atom is 0.277 e. The van der Waals surface area contributed by atoms with Crippen molar-refractivity contribution in [3.8, 4) is 11.1 Å². The minimum atomic E-state index is -4.02. The number of para-hydroxylation sites is 1. The molecule has 1 fully saturated rings. The Bertz CT molecular complexity index is 1520. The van der Waals surface area contributed by atoms with E-state index in [1.54, 1.807) is 42.6 Å². The highest BCUT2D eigenvalue weighted by molar-refractivity contribution is 7.89. The van der Waals surface area contributed by atoms with E-state index in [0.29, 0.717) is 29.4 Å². The monoisotopic (exact) mass is 522 g/mol. The molecule has 2 aromatic carbocycles. The van der Waals surface area contributed by atoms with Crippen LogP contribution in [0.2, 0.25) is 0 Å². The second kappa shape index (κ2) is 9.95. The summed E-state index contributed by atoms with van der Waals surface area (Å²) in [6, 6.07) is 16.0. The summed E-state index contributed by atoms with van der Waals surface area (Å²) >= 11 is 0. The number of furan rings is 1. The van der Waals surface area contributed by atoms with Gasteiger partial charge in [-0.05, 0) is 48.7 Å². The summed E-state index contributed by atoms with van der Waals surface area (Å²) in [4.78, 5) is 19.3. The number of sulfonamides is 1. The molecule has 1 atom stereocenters. The molecule has 10 heteroatoms. The minimum absolute atomic E-state index is 0.0727. The van der Waals surface area contributed by atoms with Crippen LogP contribution in [0.15, 0.2) is 76.4 Å². The lowest BCUT2D eigenvalue weighted by Crippen LogP contribution is -2.45. The van der Waals surface area contributed by atoms with Gasteiger partial charge in [-0.25, -0.2) is 17.8 Å². The van der Waals surface area contributed by atoms with Gasteiger partial charge in [-0.1, -0.05) is 24.3 Å². The zero-order valence-electron chi connectivity index (χ0n) is 20.5. The molecular weight excluding hydrogens is 495 g/mol. The van der Waals surface area contributed by atoms with Crippen LogP contribution in [0.1, 0.15) is 18.4 Å². The fraction of sp³-hybridized carbons (Fsp3) is 0.259. The molecule has 1 N–H and O–H groups in total. The number of rotatable bonds is 7. The lowest BCUT2D eigenvalue weighted by atomic mass is 10.0. The molecule has 5 rings (SSSR count). The Labute approximate surface area is 214 Å². The van der Waals surface area contributed by atoms with Gasteiger partial charge in [-0.15, -0.1) is 0 Å². The molecule has 0 spiro atoms. The van der Waals surface area contributed by atoms with Crippen LogP contribution in [0.3, 0.4) is 0 Å². The van der Waals surface area contributed by atoms with Crippen LogP contribution in [0.25, 0.3) is 22.1 Å². The third-order valence-electron chi connectivity index (χ3n) is 6.51. The fourth-order valence-corrected chi connectivity index (χ4v) is 6.11. The Morgan fingerprint density at radius 3 is 2.65 bits per heavy atom. The summed E-state index contributed by atoms with van der Waals surface area (Å²) in [6.45, 7) is 0.133. The molecule has 8 nitrogen and oxygen atoms in total. The molecule has 4 aromatic rings. The van der Waals surface area contributed by atoms with Gasteiger partial charge in [0.2, 0.25) is 11.0 Å². The Hall–Kier alpha value is -3.76. The third kappa shape index (κ3) is 4.94. The van der Waals surface area contributed by atoms with E-state index in [1.165, 1.54) is 16.4 Å². The lowest BCUT2D eigenvalue weighted by molar-refractivity contribution is -0.124. The number of hydrogen-bond donors (Lipinski definition) is 1. The topological polar surface area (TPSA) is 95.8 Å². The van der Waals surface area contributed by atoms with Gasteiger partial charge in [0.05, 0.1) is 0 Å². The van der Waals surface area contributed by atoms with Crippen molar-refractivity contribution in [3.63, 3.8) is 0 Å². The molecule has 192 valence electrons. The summed E-state index contributed by atoms with van der Waals surface area (Å²) in [5.41, 5.74) is 2.34. The van der Waals surface area contributed by atoms with Crippen molar-refractivity contribution >= 4 is 32.7 Å². The average molecular weight is 523 g/mol. The Morgan fingerprint density at radius 2 is 1.92 bits per heavy atom. The summed E-state index contributed by atoms with van der Waals surface area (Å²) in [5, 5.41) is 3.20. The molecule has 3 heterocycles. The van der Waals surface area contributed by atoms with E-state index < -0.39 is 27.8 Å². The van der Waals surface area contributed by atoms with Crippen molar-refractivity contribution < 1.29 is 22.0 Å². The van der Waals surface area contributed by atoms with Crippen molar-refractivity contribution in [2.75, 3.05) is 25.5 Å². The fourth-order valence-electron chi connectivity index (χ4n) is 4.50. The van der Waals surface area contributed by atoms with Gasteiger partial charge in [0.15, 0.2) is 0 Å². The number of carbonyl (C=O) groups excluding carboxylic acids is 1. The highest BCUT2D eigenvalue weighted by Crippen LogP contribution is 2.30. The van der Waals surface area contributed by atoms with Crippen LogP contribution >= 0.6 is 0 Å². The molecule has 1 saturated heterocycles. The summed E-state index contributed by atoms with van der Waals surface area (Å²) in [6.07, 6.45) is 2.62. The molecule has 2 aromatic heterocycles. The van der Waals surface area contributed by atoms with E-state index in [0.717, 1.165) is 16.9 Å². The molecule has 0 saturated carbocycles. The van der Waals surface area contributed by atoms with Crippen LogP contribution in [-0.4, -0.2) is 50.3 Å². The molecule has 1 aliphatic heterocycles. The van der Waals surface area contributed by atoms with Crippen molar-refractivity contribution in [1.82, 2.24) is 14.6 Å². The Kier molecular flexibility index (Phi) is 6.70. The largest absolute Gasteiger partial charge is 0.443 e. The zero-order valence-corrected chi connectivity index (χ0v) is 21.3. The second-order valence-corrected chi connectivity index (χ2v) is 11.0. The maximum atomic E-state index is 14.6. The van der Waals surface area contributed by atoms with E-state index in [2.05, 4.69) is 10.3 Å². The van der Waals surface area contributed by atoms with Crippen LogP contribution in [0.4, 0.5) is 10.2 Å². The van der Waals surface area contributed by atoms with Gasteiger partial charge in [0.25, 0.3) is 10.0 Å². The SMILES string of the molecule is CN(C)c1ccc(-c2ccc(F)c(CNC(=O)[C@@H]3CCCN3S(=O)(=O)c3cc4ccccc4o3)c2)cn1. The normalized spacial score (nSPS) is 16.2. The molecule has 0 bridgehead atoms. The average Bonchev–Trinajstić information content (AvgIpc) is 3.57. The van der Waals surface area contributed by atoms with Crippen molar-refractivity contribution in [2.45, 2.75) is 30.5 Å². The number of amides is 1. The highest BCUT2D eigenvalue weighted by Gasteiger charge is 2.41. The molecular formula is C27H27FN4O4S. The Morgan fingerprint density at radius 1 is 1.14 bits per heavy atom. The number of hydrogen-bond acceptors (Lipinski definition) is 6. The number of benzene rings is 2. The maximum absolute atomic E-state index is 14.6. The molecule has 1 aliphatic rings. The van der Waals surface area contributed by atoms with E-state index >= 15 is 0 Å². The first-order valence-corrected chi connectivity index (χ1v) is 13.4. The number of aromatic nitrogens is 1. The number of pyridine rings is 1. The summed E-state index contributed by atoms with van der Waals surface area (Å²) in [7, 11) is -0.223. The molecule has 1 amide bonds. The highest BCUT2D eigenvalue weighted by atomic mass is 32.2. The molecule has 0 radical (unpaired) electrons. The number of carbonyl (C=O) groups is 1. The zero-order chi connectivity index (χ0) is 26.2. The van der Waals surface area contributed by atoms with Crippen LogP contribution in [0, 0.1) is 5.82 Å². The number of nitrogens with zero attached hydrogens (tertiary/aromatic N) is 3. The molecule has 37 heavy (non-hydrogen) atoms. The van der Waals surface area contributed by atoms with Gasteiger partial charge >= 0.3 is 0 Å². The predicted octanol–water partition coefficient (Wildman–Crippen LogP) is 4.17. The van der Waals surface area contributed by atoms with Gasteiger partial charge in [0, 0.05) is 56.0 Å². The van der Waals surface area contributed by atoms with Gasteiger partial charge < -0.3 is 14.6 Å². The van der Waals surface area contributed by atoms with Gasteiger partial charge in [0.1, 0.15) is 23.3 Å². The van der Waals surface area contributed by atoms with Crippen LogP contribution < -0.4 is 10.2 Å². The lowest BCUT2D eigenvalue weighted by Gasteiger charge is -2.22.